The number of benzene rings is 1. The molecule has 1 saturated carbocycles. The fourth-order valence-corrected chi connectivity index (χ4v) is 2.42. The maximum absolute atomic E-state index is 11.8. The average molecular weight is 264 g/mol. The van der Waals surface area contributed by atoms with Crippen LogP contribution in [0.15, 0.2) is 18.2 Å². The summed E-state index contributed by atoms with van der Waals surface area (Å²) in [5.41, 5.74) is 0.634. The zero-order valence-corrected chi connectivity index (χ0v) is 10.4. The highest BCUT2D eigenvalue weighted by molar-refractivity contribution is 5.90. The van der Waals surface area contributed by atoms with Gasteiger partial charge in [0, 0.05) is 11.8 Å². The summed E-state index contributed by atoms with van der Waals surface area (Å²) >= 11 is 0. The highest BCUT2D eigenvalue weighted by atomic mass is 16.7. The first-order chi connectivity index (χ1) is 9.22. The van der Waals surface area contributed by atoms with Crippen molar-refractivity contribution in [3.05, 3.63) is 18.2 Å². The van der Waals surface area contributed by atoms with Crippen LogP contribution in [0.4, 0.5) is 10.5 Å². The van der Waals surface area contributed by atoms with E-state index in [9.17, 15) is 9.90 Å². The lowest BCUT2D eigenvalue weighted by molar-refractivity contribution is 0.151. The highest BCUT2D eigenvalue weighted by Gasteiger charge is 2.26. The zero-order valence-electron chi connectivity index (χ0n) is 10.4. The number of urea groups is 1. The second kappa shape index (κ2) is 4.97. The first-order valence-corrected chi connectivity index (χ1v) is 6.37. The van der Waals surface area contributed by atoms with E-state index in [0.717, 1.165) is 19.3 Å². The molecular formula is C13H16N2O4. The molecule has 2 atom stereocenters. The predicted octanol–water partition coefficient (Wildman–Crippen LogP) is 1.45. The molecule has 102 valence electrons. The Hall–Kier alpha value is -1.95. The maximum atomic E-state index is 11.8. The van der Waals surface area contributed by atoms with E-state index < -0.39 is 6.10 Å². The largest absolute Gasteiger partial charge is 0.454 e. The van der Waals surface area contributed by atoms with Gasteiger partial charge >= 0.3 is 6.03 Å². The van der Waals surface area contributed by atoms with E-state index in [1.165, 1.54) is 0 Å². The lowest BCUT2D eigenvalue weighted by Gasteiger charge is -2.16. The van der Waals surface area contributed by atoms with E-state index in [1.54, 1.807) is 18.2 Å². The molecule has 6 nitrogen and oxygen atoms in total. The number of rotatable bonds is 2. The van der Waals surface area contributed by atoms with Crippen molar-refractivity contribution in [2.75, 3.05) is 12.1 Å². The van der Waals surface area contributed by atoms with Gasteiger partial charge in [-0.1, -0.05) is 0 Å². The molecule has 1 aliphatic heterocycles. The summed E-state index contributed by atoms with van der Waals surface area (Å²) in [6.07, 6.45) is 2.06. The molecule has 0 bridgehead atoms. The molecule has 1 heterocycles. The Labute approximate surface area is 110 Å². The van der Waals surface area contributed by atoms with Gasteiger partial charge in [0.15, 0.2) is 11.5 Å². The lowest BCUT2D eigenvalue weighted by Crippen LogP contribution is -2.42. The molecule has 0 radical (unpaired) electrons. The monoisotopic (exact) mass is 264 g/mol. The molecule has 6 heteroatoms. The number of amides is 2. The summed E-state index contributed by atoms with van der Waals surface area (Å²) in [4.78, 5) is 11.8. The molecule has 19 heavy (non-hydrogen) atoms. The van der Waals surface area contributed by atoms with E-state index in [4.69, 9.17) is 9.47 Å². The van der Waals surface area contributed by atoms with Gasteiger partial charge in [-0.15, -0.1) is 0 Å². The maximum Gasteiger partial charge on any atom is 0.319 e. The van der Waals surface area contributed by atoms with Crippen LogP contribution in [0.1, 0.15) is 19.3 Å². The second-order valence-electron chi connectivity index (χ2n) is 4.77. The van der Waals surface area contributed by atoms with Gasteiger partial charge < -0.3 is 25.2 Å². The summed E-state index contributed by atoms with van der Waals surface area (Å²) in [7, 11) is 0. The quantitative estimate of drug-likeness (QED) is 0.755. The average Bonchev–Trinajstić information content (AvgIpc) is 2.98. The second-order valence-corrected chi connectivity index (χ2v) is 4.77. The van der Waals surface area contributed by atoms with Gasteiger partial charge in [-0.05, 0) is 31.4 Å². The topological polar surface area (TPSA) is 79.8 Å². The van der Waals surface area contributed by atoms with Gasteiger partial charge in [0.1, 0.15) is 0 Å². The minimum atomic E-state index is -0.442. The fraction of sp³-hybridized carbons (Fsp3) is 0.462. The fourth-order valence-electron chi connectivity index (χ4n) is 2.42. The van der Waals surface area contributed by atoms with Crippen molar-refractivity contribution >= 4 is 11.7 Å². The molecule has 0 spiro atoms. The Morgan fingerprint density at radius 3 is 2.89 bits per heavy atom. The van der Waals surface area contributed by atoms with Crippen LogP contribution in [-0.4, -0.2) is 30.1 Å². The zero-order chi connectivity index (χ0) is 13.2. The summed E-state index contributed by atoms with van der Waals surface area (Å²) < 4.78 is 10.4. The number of fused-ring (bicyclic) bond motifs is 1. The molecule has 1 aromatic rings. The number of hydrogen-bond donors (Lipinski definition) is 3. The smallest absolute Gasteiger partial charge is 0.319 e. The molecule has 3 rings (SSSR count). The first kappa shape index (κ1) is 12.1. The Morgan fingerprint density at radius 1 is 1.26 bits per heavy atom. The van der Waals surface area contributed by atoms with E-state index in [0.29, 0.717) is 17.2 Å². The van der Waals surface area contributed by atoms with Crippen molar-refractivity contribution in [1.29, 1.82) is 0 Å². The van der Waals surface area contributed by atoms with Crippen LogP contribution in [0.2, 0.25) is 0 Å². The van der Waals surface area contributed by atoms with Gasteiger partial charge in [-0.3, -0.25) is 0 Å². The van der Waals surface area contributed by atoms with E-state index >= 15 is 0 Å². The minimum Gasteiger partial charge on any atom is -0.454 e. The van der Waals surface area contributed by atoms with Crippen molar-refractivity contribution in [2.45, 2.75) is 31.4 Å². The number of anilines is 1. The van der Waals surface area contributed by atoms with E-state index in [1.807, 2.05) is 0 Å². The van der Waals surface area contributed by atoms with Crippen LogP contribution >= 0.6 is 0 Å². The molecule has 1 fully saturated rings. The molecule has 2 aliphatic rings. The van der Waals surface area contributed by atoms with Gasteiger partial charge in [0.25, 0.3) is 0 Å². The normalized spacial score (nSPS) is 24.3. The molecular weight excluding hydrogens is 248 g/mol. The molecule has 0 saturated heterocycles. The number of nitrogens with one attached hydrogen (secondary N) is 2. The minimum absolute atomic E-state index is 0.158. The van der Waals surface area contributed by atoms with E-state index in [-0.39, 0.29) is 18.9 Å². The third-order valence-electron chi connectivity index (χ3n) is 3.43. The first-order valence-electron chi connectivity index (χ1n) is 6.37. The van der Waals surface area contributed by atoms with Crippen LogP contribution in [-0.2, 0) is 0 Å². The van der Waals surface area contributed by atoms with E-state index in [2.05, 4.69) is 10.6 Å². The van der Waals surface area contributed by atoms with Crippen LogP contribution in [0.3, 0.4) is 0 Å². The lowest BCUT2D eigenvalue weighted by atomic mass is 10.2. The van der Waals surface area contributed by atoms with Gasteiger partial charge in [-0.2, -0.15) is 0 Å². The van der Waals surface area contributed by atoms with Gasteiger partial charge in [0.05, 0.1) is 12.1 Å². The van der Waals surface area contributed by atoms with Crippen LogP contribution in [0.5, 0.6) is 11.5 Å². The van der Waals surface area contributed by atoms with Crippen molar-refractivity contribution < 1.29 is 19.4 Å². The Bertz CT molecular complexity index is 492. The molecule has 3 N–H and O–H groups in total. The molecule has 1 aromatic carbocycles. The summed E-state index contributed by atoms with van der Waals surface area (Å²) in [6, 6.07) is 4.74. The Morgan fingerprint density at radius 2 is 2.11 bits per heavy atom. The van der Waals surface area contributed by atoms with Crippen molar-refractivity contribution in [2.24, 2.45) is 0 Å². The molecule has 0 aromatic heterocycles. The van der Waals surface area contributed by atoms with Crippen LogP contribution < -0.4 is 20.1 Å². The van der Waals surface area contributed by atoms with Crippen LogP contribution in [0, 0.1) is 0 Å². The van der Waals surface area contributed by atoms with Gasteiger partial charge in [0.2, 0.25) is 6.79 Å². The molecule has 2 amide bonds. The third-order valence-corrected chi connectivity index (χ3v) is 3.43. The number of aliphatic hydroxyl groups excluding tert-OH is 1. The third kappa shape index (κ3) is 2.58. The van der Waals surface area contributed by atoms with Crippen molar-refractivity contribution in [3.63, 3.8) is 0 Å². The predicted molar refractivity (Wildman–Crippen MR) is 68.4 cm³/mol. The highest BCUT2D eigenvalue weighted by Crippen LogP contribution is 2.34. The number of carbonyl (C=O) groups excluding carboxylic acids is 1. The summed E-state index contributed by atoms with van der Waals surface area (Å²) in [5, 5.41) is 15.1. The number of ether oxygens (including phenoxy) is 2. The number of aliphatic hydroxyl groups is 1. The Balaban J connectivity index is 1.60. The summed E-state index contributed by atoms with van der Waals surface area (Å²) in [6.45, 7) is 0.208. The van der Waals surface area contributed by atoms with Crippen LogP contribution in [0.25, 0.3) is 0 Å². The summed E-state index contributed by atoms with van der Waals surface area (Å²) in [5.74, 6) is 1.30. The molecule has 1 aliphatic carbocycles. The molecule has 2 unspecified atom stereocenters. The SMILES string of the molecule is O=C(Nc1ccc2c(c1)OCO2)NC1CCCC1O. The standard InChI is InChI=1S/C13H16N2O4/c16-10-3-1-2-9(10)15-13(17)14-8-4-5-11-12(6-8)19-7-18-11/h4-6,9-10,16H,1-3,7H2,(H2,14,15,17). The van der Waals surface area contributed by atoms with Gasteiger partial charge in [-0.25, -0.2) is 4.79 Å². The Kier molecular flexibility index (Phi) is 3.16. The number of carbonyl (C=O) groups is 1. The van der Waals surface area contributed by atoms with Crippen molar-refractivity contribution in [1.82, 2.24) is 5.32 Å². The number of hydrogen-bond acceptors (Lipinski definition) is 4. The van der Waals surface area contributed by atoms with Crippen molar-refractivity contribution in [3.8, 4) is 11.5 Å².